The molecule has 0 heterocycles. The van der Waals surface area contributed by atoms with Crippen molar-refractivity contribution in [1.82, 2.24) is 5.32 Å². The van der Waals surface area contributed by atoms with Crippen molar-refractivity contribution in [3.05, 3.63) is 0 Å². The minimum Gasteiger partial charge on any atom is -0.385 e. The van der Waals surface area contributed by atoms with Crippen molar-refractivity contribution in [2.24, 2.45) is 11.8 Å². The maximum absolute atomic E-state index is 6.11. The van der Waals surface area contributed by atoms with Crippen molar-refractivity contribution in [1.29, 1.82) is 0 Å². The van der Waals surface area contributed by atoms with E-state index in [2.05, 4.69) is 26.1 Å². The molecule has 1 aliphatic rings. The van der Waals surface area contributed by atoms with Crippen molar-refractivity contribution in [2.75, 3.05) is 26.9 Å². The van der Waals surface area contributed by atoms with Crippen molar-refractivity contribution in [2.45, 2.75) is 58.6 Å². The van der Waals surface area contributed by atoms with Gasteiger partial charge in [0.05, 0.1) is 6.10 Å². The minimum atomic E-state index is 0.379. The predicted molar refractivity (Wildman–Crippen MR) is 75.9 cm³/mol. The molecule has 1 saturated carbocycles. The molecule has 1 fully saturated rings. The highest BCUT2D eigenvalue weighted by Crippen LogP contribution is 2.31. The maximum Gasteiger partial charge on any atom is 0.0753 e. The van der Waals surface area contributed by atoms with E-state index in [1.807, 2.05) is 0 Å². The van der Waals surface area contributed by atoms with E-state index in [0.29, 0.717) is 18.1 Å². The van der Waals surface area contributed by atoms with Gasteiger partial charge in [-0.15, -0.1) is 0 Å². The Morgan fingerprint density at radius 3 is 2.61 bits per heavy atom. The van der Waals surface area contributed by atoms with E-state index in [-0.39, 0.29) is 0 Å². The van der Waals surface area contributed by atoms with Crippen LogP contribution in [0.4, 0.5) is 0 Å². The van der Waals surface area contributed by atoms with Crippen LogP contribution in [0.1, 0.15) is 46.5 Å². The molecule has 0 radical (unpaired) electrons. The molecule has 0 aliphatic heterocycles. The van der Waals surface area contributed by atoms with Crippen LogP contribution in [0.15, 0.2) is 0 Å². The molecule has 4 atom stereocenters. The quantitative estimate of drug-likeness (QED) is 0.678. The zero-order valence-corrected chi connectivity index (χ0v) is 12.6. The molecule has 4 unspecified atom stereocenters. The van der Waals surface area contributed by atoms with Gasteiger partial charge in [-0.05, 0) is 44.1 Å². The topological polar surface area (TPSA) is 30.5 Å². The van der Waals surface area contributed by atoms with Gasteiger partial charge in [0.25, 0.3) is 0 Å². The molecule has 18 heavy (non-hydrogen) atoms. The van der Waals surface area contributed by atoms with E-state index in [0.717, 1.165) is 32.1 Å². The summed E-state index contributed by atoms with van der Waals surface area (Å²) in [5.74, 6) is 1.47. The van der Waals surface area contributed by atoms with Gasteiger partial charge in [0.2, 0.25) is 0 Å². The third-order valence-electron chi connectivity index (χ3n) is 3.85. The Hall–Kier alpha value is -0.120. The maximum atomic E-state index is 6.11. The Kier molecular flexibility index (Phi) is 7.87. The Balaban J connectivity index is 2.41. The second kappa shape index (κ2) is 8.89. The second-order valence-electron chi connectivity index (χ2n) is 5.80. The van der Waals surface area contributed by atoms with Gasteiger partial charge in [0.1, 0.15) is 0 Å². The molecule has 3 heteroatoms. The van der Waals surface area contributed by atoms with Crippen LogP contribution in [-0.2, 0) is 9.47 Å². The number of ether oxygens (including phenoxy) is 2. The van der Waals surface area contributed by atoms with Crippen molar-refractivity contribution < 1.29 is 9.47 Å². The van der Waals surface area contributed by atoms with E-state index in [4.69, 9.17) is 9.47 Å². The van der Waals surface area contributed by atoms with E-state index < -0.39 is 0 Å². The monoisotopic (exact) mass is 257 g/mol. The zero-order chi connectivity index (χ0) is 13.4. The first-order valence-corrected chi connectivity index (χ1v) is 7.52. The normalized spacial score (nSPS) is 32.7. The van der Waals surface area contributed by atoms with E-state index in [9.17, 15) is 0 Å². The van der Waals surface area contributed by atoms with Crippen LogP contribution in [0.3, 0.4) is 0 Å². The van der Waals surface area contributed by atoms with Gasteiger partial charge in [0.15, 0.2) is 0 Å². The molecule has 0 aromatic carbocycles. The summed E-state index contributed by atoms with van der Waals surface area (Å²) < 4.78 is 11.2. The molecule has 1 aliphatic carbocycles. The molecule has 1 rings (SSSR count). The van der Waals surface area contributed by atoms with Crippen LogP contribution in [0, 0.1) is 11.8 Å². The average molecular weight is 257 g/mol. The molecule has 3 nitrogen and oxygen atoms in total. The van der Waals surface area contributed by atoms with E-state index in [1.165, 1.54) is 19.3 Å². The third-order valence-corrected chi connectivity index (χ3v) is 3.85. The van der Waals surface area contributed by atoms with Gasteiger partial charge >= 0.3 is 0 Å². The molecular formula is C15H31NO2. The van der Waals surface area contributed by atoms with Crippen LogP contribution < -0.4 is 5.32 Å². The molecule has 0 bridgehead atoms. The Labute approximate surface area is 113 Å². The average Bonchev–Trinajstić information content (AvgIpc) is 2.34. The van der Waals surface area contributed by atoms with Crippen molar-refractivity contribution >= 4 is 0 Å². The highest BCUT2D eigenvalue weighted by Gasteiger charge is 2.34. The second-order valence-corrected chi connectivity index (χ2v) is 5.80. The summed E-state index contributed by atoms with van der Waals surface area (Å²) in [6, 6.07) is 0.534. The first-order chi connectivity index (χ1) is 8.69. The fourth-order valence-electron chi connectivity index (χ4n) is 3.06. The lowest BCUT2D eigenvalue weighted by Gasteiger charge is -2.40. The standard InChI is InChI=1S/C15H31NO2/c1-5-7-16-14-11-12(2)10-13(3)15(14)18-9-6-8-17-4/h12-16H,5-11H2,1-4H3. The van der Waals surface area contributed by atoms with Gasteiger partial charge < -0.3 is 14.8 Å². The lowest BCUT2D eigenvalue weighted by molar-refractivity contribution is -0.0424. The lowest BCUT2D eigenvalue weighted by atomic mass is 9.78. The highest BCUT2D eigenvalue weighted by atomic mass is 16.5. The number of rotatable bonds is 8. The van der Waals surface area contributed by atoms with Crippen LogP contribution in [0.5, 0.6) is 0 Å². The van der Waals surface area contributed by atoms with Gasteiger partial charge in [0, 0.05) is 26.4 Å². The summed E-state index contributed by atoms with van der Waals surface area (Å²) in [6.07, 6.45) is 5.11. The molecule has 0 saturated heterocycles. The summed E-state index contributed by atoms with van der Waals surface area (Å²) >= 11 is 0. The highest BCUT2D eigenvalue weighted by molar-refractivity contribution is 4.88. The van der Waals surface area contributed by atoms with Crippen LogP contribution in [0.2, 0.25) is 0 Å². The van der Waals surface area contributed by atoms with Gasteiger partial charge in [-0.1, -0.05) is 20.8 Å². The SMILES string of the molecule is CCCNC1CC(C)CC(C)C1OCCCOC. The Morgan fingerprint density at radius 1 is 1.17 bits per heavy atom. The molecule has 0 aromatic heterocycles. The van der Waals surface area contributed by atoms with E-state index in [1.54, 1.807) is 7.11 Å². The Morgan fingerprint density at radius 2 is 1.94 bits per heavy atom. The van der Waals surface area contributed by atoms with Gasteiger partial charge in [-0.25, -0.2) is 0 Å². The molecule has 0 aromatic rings. The number of nitrogens with one attached hydrogen (secondary N) is 1. The summed E-state index contributed by atoms with van der Waals surface area (Å²) in [5, 5.41) is 3.67. The first kappa shape index (κ1) is 15.9. The van der Waals surface area contributed by atoms with Crippen LogP contribution in [-0.4, -0.2) is 39.0 Å². The summed E-state index contributed by atoms with van der Waals surface area (Å²) in [6.45, 7) is 9.63. The summed E-state index contributed by atoms with van der Waals surface area (Å²) in [5.41, 5.74) is 0. The number of hydrogen-bond acceptors (Lipinski definition) is 3. The molecule has 108 valence electrons. The summed E-state index contributed by atoms with van der Waals surface area (Å²) in [4.78, 5) is 0. The zero-order valence-electron chi connectivity index (χ0n) is 12.6. The molecular weight excluding hydrogens is 226 g/mol. The van der Waals surface area contributed by atoms with Gasteiger partial charge in [-0.3, -0.25) is 0 Å². The minimum absolute atomic E-state index is 0.379. The number of hydrogen-bond donors (Lipinski definition) is 1. The molecule has 0 amide bonds. The first-order valence-electron chi connectivity index (χ1n) is 7.52. The fraction of sp³-hybridized carbons (Fsp3) is 1.00. The lowest BCUT2D eigenvalue weighted by Crippen LogP contribution is -2.49. The number of methoxy groups -OCH3 is 1. The third kappa shape index (κ3) is 5.25. The van der Waals surface area contributed by atoms with Crippen LogP contribution in [0.25, 0.3) is 0 Å². The summed E-state index contributed by atoms with van der Waals surface area (Å²) in [7, 11) is 1.75. The van der Waals surface area contributed by atoms with Gasteiger partial charge in [-0.2, -0.15) is 0 Å². The molecule has 0 spiro atoms. The van der Waals surface area contributed by atoms with Crippen molar-refractivity contribution in [3.63, 3.8) is 0 Å². The fourth-order valence-corrected chi connectivity index (χ4v) is 3.06. The predicted octanol–water partition coefficient (Wildman–Crippen LogP) is 2.84. The van der Waals surface area contributed by atoms with Crippen molar-refractivity contribution in [3.8, 4) is 0 Å². The Bertz CT molecular complexity index is 211. The van der Waals surface area contributed by atoms with Crippen LogP contribution >= 0.6 is 0 Å². The smallest absolute Gasteiger partial charge is 0.0753 e. The van der Waals surface area contributed by atoms with E-state index >= 15 is 0 Å². The molecule has 1 N–H and O–H groups in total. The largest absolute Gasteiger partial charge is 0.385 e.